The molecule has 20 heavy (non-hydrogen) atoms. The van der Waals surface area contributed by atoms with Crippen molar-refractivity contribution in [2.75, 3.05) is 17.3 Å². The lowest BCUT2D eigenvalue weighted by Crippen LogP contribution is -2.13. The van der Waals surface area contributed by atoms with E-state index in [1.54, 1.807) is 23.9 Å². The average Bonchev–Trinajstić information content (AvgIpc) is 2.43. The van der Waals surface area contributed by atoms with E-state index in [1.165, 1.54) is 0 Å². The van der Waals surface area contributed by atoms with Crippen LogP contribution < -0.4 is 5.32 Å². The molecule has 0 aromatic heterocycles. The molecule has 0 radical (unpaired) electrons. The number of carbonyl (C=O) groups is 2. The van der Waals surface area contributed by atoms with Crippen molar-refractivity contribution < 1.29 is 14.7 Å². The largest absolute Gasteiger partial charge is 0.478 e. The first-order valence-corrected chi connectivity index (χ1v) is 7.79. The molecule has 0 spiro atoms. The lowest BCUT2D eigenvalue weighted by atomic mass is 10.1. The van der Waals surface area contributed by atoms with Crippen LogP contribution in [0.4, 0.5) is 5.69 Å². The van der Waals surface area contributed by atoms with Crippen LogP contribution in [-0.4, -0.2) is 29.0 Å². The third-order valence-electron chi connectivity index (χ3n) is 2.74. The lowest BCUT2D eigenvalue weighted by molar-refractivity contribution is -0.131. The topological polar surface area (TPSA) is 66.4 Å². The van der Waals surface area contributed by atoms with E-state index in [1.807, 2.05) is 25.3 Å². The Morgan fingerprint density at radius 3 is 2.75 bits per heavy atom. The summed E-state index contributed by atoms with van der Waals surface area (Å²) >= 11 is 1.64. The Morgan fingerprint density at radius 2 is 2.15 bits per heavy atom. The van der Waals surface area contributed by atoms with E-state index in [-0.39, 0.29) is 5.91 Å². The third kappa shape index (κ3) is 5.48. The molecule has 0 atom stereocenters. The highest BCUT2D eigenvalue weighted by Crippen LogP contribution is 2.19. The van der Waals surface area contributed by atoms with Gasteiger partial charge in [0.15, 0.2) is 0 Å². The SMILES string of the molecule is CCc1cc(/C=C/C(=O)O)ccc1NC(=O)CCSC. The molecule has 5 heteroatoms. The molecule has 0 fully saturated rings. The summed E-state index contributed by atoms with van der Waals surface area (Å²) in [5.41, 5.74) is 2.60. The second-order valence-electron chi connectivity index (χ2n) is 4.23. The van der Waals surface area contributed by atoms with Crippen molar-refractivity contribution in [3.8, 4) is 0 Å². The number of hydrogen-bond acceptors (Lipinski definition) is 3. The minimum absolute atomic E-state index is 0.00266. The number of carboxylic acid groups (broad SMARTS) is 1. The predicted molar refractivity (Wildman–Crippen MR) is 84.1 cm³/mol. The second-order valence-corrected chi connectivity index (χ2v) is 5.22. The zero-order valence-electron chi connectivity index (χ0n) is 11.7. The van der Waals surface area contributed by atoms with Gasteiger partial charge in [0.05, 0.1) is 0 Å². The molecule has 0 heterocycles. The maximum absolute atomic E-state index is 11.7. The van der Waals surface area contributed by atoms with Crippen LogP contribution in [0.25, 0.3) is 6.08 Å². The van der Waals surface area contributed by atoms with E-state index in [0.29, 0.717) is 6.42 Å². The summed E-state index contributed by atoms with van der Waals surface area (Å²) < 4.78 is 0. The number of thioether (sulfide) groups is 1. The zero-order valence-corrected chi connectivity index (χ0v) is 12.5. The Morgan fingerprint density at radius 1 is 1.40 bits per heavy atom. The van der Waals surface area contributed by atoms with Crippen LogP contribution in [0.15, 0.2) is 24.3 Å². The summed E-state index contributed by atoms with van der Waals surface area (Å²) in [6.07, 6.45) is 5.87. The van der Waals surface area contributed by atoms with Crippen LogP contribution in [0, 0.1) is 0 Å². The zero-order chi connectivity index (χ0) is 15.0. The second kappa shape index (κ2) is 8.43. The molecule has 0 saturated carbocycles. The van der Waals surface area contributed by atoms with Gasteiger partial charge in [0.25, 0.3) is 0 Å². The predicted octanol–water partition coefficient (Wildman–Crippen LogP) is 3.04. The monoisotopic (exact) mass is 293 g/mol. The molecule has 2 N–H and O–H groups in total. The number of carbonyl (C=O) groups excluding carboxylic acids is 1. The number of aryl methyl sites for hydroxylation is 1. The summed E-state index contributed by atoms with van der Waals surface area (Å²) in [4.78, 5) is 22.2. The van der Waals surface area contributed by atoms with Gasteiger partial charge in [-0.1, -0.05) is 13.0 Å². The Labute approximate surface area is 123 Å². The number of aliphatic carboxylic acids is 1. The quantitative estimate of drug-likeness (QED) is 0.758. The molecule has 0 aliphatic heterocycles. The fraction of sp³-hybridized carbons (Fsp3) is 0.333. The first-order valence-electron chi connectivity index (χ1n) is 6.39. The summed E-state index contributed by atoms with van der Waals surface area (Å²) in [5.74, 6) is -0.174. The van der Waals surface area contributed by atoms with Gasteiger partial charge < -0.3 is 10.4 Å². The van der Waals surface area contributed by atoms with Gasteiger partial charge in [-0.2, -0.15) is 11.8 Å². The minimum atomic E-state index is -0.975. The van der Waals surface area contributed by atoms with E-state index in [9.17, 15) is 9.59 Å². The molecule has 1 rings (SSSR count). The van der Waals surface area contributed by atoms with Crippen molar-refractivity contribution in [3.63, 3.8) is 0 Å². The van der Waals surface area contributed by atoms with Crippen LogP contribution in [0.2, 0.25) is 0 Å². The molecular formula is C15H19NO3S. The van der Waals surface area contributed by atoms with Gasteiger partial charge in [0.1, 0.15) is 0 Å². The van der Waals surface area contributed by atoms with Crippen LogP contribution in [-0.2, 0) is 16.0 Å². The third-order valence-corrected chi connectivity index (χ3v) is 3.35. The van der Waals surface area contributed by atoms with Gasteiger partial charge in [-0.05, 0) is 42.0 Å². The van der Waals surface area contributed by atoms with E-state index < -0.39 is 5.97 Å². The highest BCUT2D eigenvalue weighted by Gasteiger charge is 2.06. The molecule has 1 aromatic rings. The summed E-state index contributed by atoms with van der Waals surface area (Å²) in [6.45, 7) is 2.00. The number of hydrogen-bond donors (Lipinski definition) is 2. The molecule has 0 aliphatic carbocycles. The molecule has 0 bridgehead atoms. The van der Waals surface area contributed by atoms with Gasteiger partial charge in [0, 0.05) is 23.9 Å². The van der Waals surface area contributed by atoms with Crippen molar-refractivity contribution in [1.82, 2.24) is 0 Å². The van der Waals surface area contributed by atoms with E-state index >= 15 is 0 Å². The number of amides is 1. The standard InChI is InChI=1S/C15H19NO3S/c1-3-12-10-11(5-7-15(18)19)4-6-13(12)16-14(17)8-9-20-2/h4-7,10H,3,8-9H2,1-2H3,(H,16,17)(H,18,19)/b7-5+. The van der Waals surface area contributed by atoms with Crippen molar-refractivity contribution in [2.45, 2.75) is 19.8 Å². The maximum Gasteiger partial charge on any atom is 0.328 e. The molecule has 108 valence electrons. The highest BCUT2D eigenvalue weighted by molar-refractivity contribution is 7.98. The number of anilines is 1. The van der Waals surface area contributed by atoms with Crippen LogP contribution in [0.3, 0.4) is 0 Å². The van der Waals surface area contributed by atoms with Crippen molar-refractivity contribution in [1.29, 1.82) is 0 Å². The van der Waals surface area contributed by atoms with E-state index in [2.05, 4.69) is 5.32 Å². The Hall–Kier alpha value is -1.75. The van der Waals surface area contributed by atoms with Crippen LogP contribution >= 0.6 is 11.8 Å². The fourth-order valence-electron chi connectivity index (χ4n) is 1.71. The van der Waals surface area contributed by atoms with Gasteiger partial charge in [-0.3, -0.25) is 4.79 Å². The summed E-state index contributed by atoms with van der Waals surface area (Å²) in [5, 5.41) is 11.5. The first-order chi connectivity index (χ1) is 9.56. The number of nitrogens with one attached hydrogen (secondary N) is 1. The average molecular weight is 293 g/mol. The Kier molecular flexibility index (Phi) is 6.87. The molecule has 0 unspecified atom stereocenters. The van der Waals surface area contributed by atoms with Crippen molar-refractivity contribution >= 4 is 35.4 Å². The molecular weight excluding hydrogens is 274 g/mol. The Bertz CT molecular complexity index is 512. The highest BCUT2D eigenvalue weighted by atomic mass is 32.2. The molecule has 0 aliphatic rings. The smallest absolute Gasteiger partial charge is 0.328 e. The van der Waals surface area contributed by atoms with Gasteiger partial charge in [0.2, 0.25) is 5.91 Å². The molecule has 1 aromatic carbocycles. The first kappa shape index (κ1) is 16.3. The van der Waals surface area contributed by atoms with Crippen molar-refractivity contribution in [2.24, 2.45) is 0 Å². The number of carboxylic acids is 1. The fourth-order valence-corrected chi connectivity index (χ4v) is 2.10. The van der Waals surface area contributed by atoms with Gasteiger partial charge >= 0.3 is 5.97 Å². The van der Waals surface area contributed by atoms with Gasteiger partial charge in [-0.25, -0.2) is 4.79 Å². The normalized spacial score (nSPS) is 10.7. The lowest BCUT2D eigenvalue weighted by Gasteiger charge is -2.10. The van der Waals surface area contributed by atoms with E-state index in [4.69, 9.17) is 5.11 Å². The van der Waals surface area contributed by atoms with Gasteiger partial charge in [-0.15, -0.1) is 0 Å². The minimum Gasteiger partial charge on any atom is -0.478 e. The van der Waals surface area contributed by atoms with E-state index in [0.717, 1.165) is 35.1 Å². The molecule has 4 nitrogen and oxygen atoms in total. The summed E-state index contributed by atoms with van der Waals surface area (Å²) in [7, 11) is 0. The number of rotatable bonds is 7. The molecule has 1 amide bonds. The van der Waals surface area contributed by atoms with Crippen LogP contribution in [0.1, 0.15) is 24.5 Å². The Balaban J connectivity index is 2.82. The molecule has 0 saturated heterocycles. The van der Waals surface area contributed by atoms with Crippen LogP contribution in [0.5, 0.6) is 0 Å². The van der Waals surface area contributed by atoms with Crippen molar-refractivity contribution in [3.05, 3.63) is 35.4 Å². The maximum atomic E-state index is 11.7. The number of benzene rings is 1. The summed E-state index contributed by atoms with van der Waals surface area (Å²) in [6, 6.07) is 5.50.